The second kappa shape index (κ2) is 8.06. The molecule has 0 radical (unpaired) electrons. The fourth-order valence-electron chi connectivity index (χ4n) is 6.57. The van der Waals surface area contributed by atoms with E-state index < -0.39 is 0 Å². The van der Waals surface area contributed by atoms with Crippen LogP contribution in [-0.2, 0) is 11.3 Å². The van der Waals surface area contributed by atoms with Gasteiger partial charge in [-0.05, 0) is 86.6 Å². The number of benzene rings is 1. The zero-order valence-electron chi connectivity index (χ0n) is 17.9. The molecule has 6 nitrogen and oxygen atoms in total. The van der Waals surface area contributed by atoms with Crippen LogP contribution in [0.15, 0.2) is 41.0 Å². The van der Waals surface area contributed by atoms with E-state index in [-0.39, 0.29) is 18.1 Å². The van der Waals surface area contributed by atoms with Gasteiger partial charge < -0.3 is 18.8 Å². The zero-order valence-corrected chi connectivity index (χ0v) is 17.9. The molecule has 0 N–H and O–H groups in total. The second-order valence-electron chi connectivity index (χ2n) is 9.52. The maximum atomic E-state index is 13.6. The summed E-state index contributed by atoms with van der Waals surface area (Å²) in [4.78, 5) is 26.8. The topological polar surface area (TPSA) is 69.0 Å². The van der Waals surface area contributed by atoms with Crippen molar-refractivity contribution in [2.45, 2.75) is 50.6 Å². The molecular formula is C25H29NO5. The van der Waals surface area contributed by atoms with Gasteiger partial charge in [0.25, 0.3) is 5.91 Å². The molecule has 4 fully saturated rings. The molecule has 0 spiro atoms. The number of rotatable bonds is 8. The Hall–Kier alpha value is -2.76. The molecule has 1 heterocycles. The highest BCUT2D eigenvalue weighted by molar-refractivity contribution is 5.79. The number of methoxy groups -OCH3 is 1. The summed E-state index contributed by atoms with van der Waals surface area (Å²) in [5, 5.41) is 0. The summed E-state index contributed by atoms with van der Waals surface area (Å²) in [5.74, 6) is 3.84. The van der Waals surface area contributed by atoms with Crippen molar-refractivity contribution in [2.75, 3.05) is 13.7 Å². The minimum atomic E-state index is -0.100. The van der Waals surface area contributed by atoms with Crippen LogP contribution in [0, 0.1) is 17.8 Å². The summed E-state index contributed by atoms with van der Waals surface area (Å²) in [6.45, 7) is 0.369. The molecule has 6 heteroatoms. The van der Waals surface area contributed by atoms with E-state index in [4.69, 9.17) is 13.9 Å². The Labute approximate surface area is 182 Å². The predicted molar refractivity (Wildman–Crippen MR) is 114 cm³/mol. The highest BCUT2D eigenvalue weighted by Crippen LogP contribution is 2.58. The number of carbonyl (C=O) groups excluding carboxylic acids is 2. The summed E-state index contributed by atoms with van der Waals surface area (Å²) in [5.41, 5.74) is 0.383. The van der Waals surface area contributed by atoms with Crippen molar-refractivity contribution in [1.82, 2.24) is 4.90 Å². The van der Waals surface area contributed by atoms with Gasteiger partial charge in [0, 0.05) is 11.1 Å². The van der Waals surface area contributed by atoms with Gasteiger partial charge in [0.15, 0.2) is 18.1 Å². The first-order valence-electron chi connectivity index (χ1n) is 11.2. The van der Waals surface area contributed by atoms with Gasteiger partial charge in [-0.3, -0.25) is 9.59 Å². The first-order valence-corrected chi connectivity index (χ1v) is 11.2. The molecule has 1 amide bonds. The van der Waals surface area contributed by atoms with Crippen LogP contribution in [0.25, 0.3) is 0 Å². The van der Waals surface area contributed by atoms with Gasteiger partial charge in [-0.15, -0.1) is 0 Å². The molecule has 1 aromatic heterocycles. The number of ether oxygens (including phenoxy) is 2. The standard InChI is InChI=1S/C25H29NO5/c1-29-22-5-4-17(15-27)10-23(22)31-16-24(28)26(14-21-3-2-6-30-21)25-11-18-7-19(12-25)9-20(8-18)13-25/h2-6,10,15,18-20H,7-9,11-14,16H2,1H3. The fourth-order valence-corrected chi connectivity index (χ4v) is 6.57. The van der Waals surface area contributed by atoms with E-state index in [1.165, 1.54) is 19.3 Å². The number of furan rings is 1. The van der Waals surface area contributed by atoms with Crippen LogP contribution in [0.5, 0.6) is 11.5 Å². The second-order valence-corrected chi connectivity index (χ2v) is 9.52. The minimum absolute atomic E-state index is 0.0445. The van der Waals surface area contributed by atoms with Gasteiger partial charge in [-0.2, -0.15) is 0 Å². The Balaban J connectivity index is 1.38. The van der Waals surface area contributed by atoms with Gasteiger partial charge in [-0.25, -0.2) is 0 Å². The number of aldehydes is 1. The zero-order chi connectivity index (χ0) is 21.4. The summed E-state index contributed by atoms with van der Waals surface area (Å²) in [6, 6.07) is 8.76. The predicted octanol–water partition coefficient (Wildman–Crippen LogP) is 4.48. The maximum absolute atomic E-state index is 13.6. The molecule has 4 bridgehead atoms. The third-order valence-corrected chi connectivity index (χ3v) is 7.45. The van der Waals surface area contributed by atoms with E-state index in [2.05, 4.69) is 0 Å². The molecule has 4 aliphatic rings. The monoisotopic (exact) mass is 423 g/mol. The Morgan fingerprint density at radius 3 is 2.42 bits per heavy atom. The van der Waals surface area contributed by atoms with Crippen LogP contribution in [-0.4, -0.2) is 36.3 Å². The molecular weight excluding hydrogens is 394 g/mol. The molecule has 4 saturated carbocycles. The Bertz CT molecular complexity index is 916. The summed E-state index contributed by atoms with van der Waals surface area (Å²) < 4.78 is 16.8. The van der Waals surface area contributed by atoms with Crippen LogP contribution in [0.3, 0.4) is 0 Å². The molecule has 2 aromatic rings. The average Bonchev–Trinajstić information content (AvgIpc) is 3.28. The first kappa shape index (κ1) is 20.2. The lowest BCUT2D eigenvalue weighted by molar-refractivity contribution is -0.155. The van der Waals surface area contributed by atoms with Crippen LogP contribution in [0.1, 0.15) is 54.6 Å². The van der Waals surface area contributed by atoms with Crippen molar-refractivity contribution in [1.29, 1.82) is 0 Å². The van der Waals surface area contributed by atoms with E-state index in [0.717, 1.165) is 49.1 Å². The summed E-state index contributed by atoms with van der Waals surface area (Å²) in [6.07, 6.45) is 9.59. The number of nitrogens with zero attached hydrogens (tertiary/aromatic N) is 1. The maximum Gasteiger partial charge on any atom is 0.261 e. The number of carbonyl (C=O) groups is 2. The molecule has 1 aromatic carbocycles. The lowest BCUT2D eigenvalue weighted by Gasteiger charge is -2.60. The third kappa shape index (κ3) is 3.84. The van der Waals surface area contributed by atoms with E-state index in [1.807, 2.05) is 17.0 Å². The van der Waals surface area contributed by atoms with E-state index >= 15 is 0 Å². The Morgan fingerprint density at radius 2 is 1.84 bits per heavy atom. The number of hydrogen-bond donors (Lipinski definition) is 0. The largest absolute Gasteiger partial charge is 0.493 e. The molecule has 0 aliphatic heterocycles. The van der Waals surface area contributed by atoms with Gasteiger partial charge in [0.05, 0.1) is 19.9 Å². The van der Waals surface area contributed by atoms with Crippen molar-refractivity contribution in [3.05, 3.63) is 47.9 Å². The molecule has 6 rings (SSSR count). The van der Waals surface area contributed by atoms with Crippen LogP contribution >= 0.6 is 0 Å². The normalized spacial score (nSPS) is 28.4. The number of amides is 1. The van der Waals surface area contributed by atoms with Crippen LogP contribution in [0.4, 0.5) is 0 Å². The fraction of sp³-hybridized carbons (Fsp3) is 0.520. The lowest BCUT2D eigenvalue weighted by Crippen LogP contribution is -2.61. The van der Waals surface area contributed by atoms with Gasteiger partial charge >= 0.3 is 0 Å². The van der Waals surface area contributed by atoms with Crippen molar-refractivity contribution >= 4 is 12.2 Å². The van der Waals surface area contributed by atoms with Crippen molar-refractivity contribution in [3.8, 4) is 11.5 Å². The highest BCUT2D eigenvalue weighted by atomic mass is 16.5. The first-order chi connectivity index (χ1) is 15.1. The smallest absolute Gasteiger partial charge is 0.261 e. The van der Waals surface area contributed by atoms with Gasteiger partial charge in [-0.1, -0.05) is 0 Å². The highest BCUT2D eigenvalue weighted by Gasteiger charge is 2.54. The third-order valence-electron chi connectivity index (χ3n) is 7.45. The summed E-state index contributed by atoms with van der Waals surface area (Å²) >= 11 is 0. The minimum Gasteiger partial charge on any atom is -0.493 e. The lowest BCUT2D eigenvalue weighted by atomic mass is 9.52. The summed E-state index contributed by atoms with van der Waals surface area (Å²) in [7, 11) is 1.54. The Kier molecular flexibility index (Phi) is 5.24. The SMILES string of the molecule is COc1ccc(C=O)cc1OCC(=O)N(Cc1ccco1)C12CC3CC(CC(C3)C1)C2. The van der Waals surface area contributed by atoms with E-state index in [9.17, 15) is 9.59 Å². The van der Waals surface area contributed by atoms with E-state index in [1.54, 1.807) is 31.6 Å². The number of hydrogen-bond acceptors (Lipinski definition) is 5. The van der Waals surface area contributed by atoms with Gasteiger partial charge in [0.1, 0.15) is 12.0 Å². The van der Waals surface area contributed by atoms with Crippen LogP contribution < -0.4 is 9.47 Å². The average molecular weight is 424 g/mol. The van der Waals surface area contributed by atoms with Crippen molar-refractivity contribution in [3.63, 3.8) is 0 Å². The molecule has 31 heavy (non-hydrogen) atoms. The quantitative estimate of drug-likeness (QED) is 0.586. The molecule has 4 aliphatic carbocycles. The van der Waals surface area contributed by atoms with Crippen molar-refractivity contribution in [2.24, 2.45) is 17.8 Å². The van der Waals surface area contributed by atoms with Gasteiger partial charge in [0.2, 0.25) is 0 Å². The Morgan fingerprint density at radius 1 is 1.13 bits per heavy atom. The molecule has 0 saturated heterocycles. The molecule has 0 unspecified atom stereocenters. The van der Waals surface area contributed by atoms with Crippen LogP contribution in [0.2, 0.25) is 0 Å². The van der Waals surface area contributed by atoms with Crippen molar-refractivity contribution < 1.29 is 23.5 Å². The molecule has 0 atom stereocenters. The van der Waals surface area contributed by atoms with E-state index in [0.29, 0.717) is 23.6 Å². The molecule has 164 valence electrons.